The minimum Gasteiger partial charge on any atom is -0.398 e. The molecular weight excluding hydrogens is 192 g/mol. The van der Waals surface area contributed by atoms with Crippen LogP contribution < -0.4 is 5.73 Å². The normalized spacial score (nSPS) is 9.15. The molecule has 0 amide bonds. The number of nitrogens with two attached hydrogens (primary N) is 1. The first-order valence-corrected chi connectivity index (χ1v) is 4.12. The van der Waals surface area contributed by atoms with Gasteiger partial charge in [-0.2, -0.15) is 12.6 Å². The van der Waals surface area contributed by atoms with Crippen LogP contribution in [0.25, 0.3) is 0 Å². The summed E-state index contributed by atoms with van der Waals surface area (Å²) in [5, 5.41) is 0. The van der Waals surface area contributed by atoms with Crippen molar-refractivity contribution in [3.8, 4) is 11.8 Å². The first kappa shape index (κ1) is 9.87. The lowest BCUT2D eigenvalue weighted by Gasteiger charge is -1.98. The Morgan fingerprint density at radius 1 is 1.31 bits per heavy atom. The van der Waals surface area contributed by atoms with E-state index in [0.717, 1.165) is 12.1 Å². The largest absolute Gasteiger partial charge is 0.398 e. The SMILES string of the molecule is Nc1cc(F)c(F)cc1C#CCS. The second-order valence-corrected chi connectivity index (χ2v) is 2.63. The minimum atomic E-state index is -0.964. The van der Waals surface area contributed by atoms with Crippen LogP contribution >= 0.6 is 12.6 Å². The van der Waals surface area contributed by atoms with E-state index in [9.17, 15) is 8.78 Å². The standard InChI is InChI=1S/C9H7F2NS/c10-7-4-6(2-1-3-13)9(12)5-8(7)11/h4-5,13H,3,12H2. The van der Waals surface area contributed by atoms with Crippen LogP contribution in [-0.2, 0) is 0 Å². The first-order valence-electron chi connectivity index (χ1n) is 3.49. The van der Waals surface area contributed by atoms with Crippen molar-refractivity contribution in [2.24, 2.45) is 0 Å². The van der Waals surface area contributed by atoms with E-state index in [-0.39, 0.29) is 11.3 Å². The molecule has 13 heavy (non-hydrogen) atoms. The molecule has 0 saturated carbocycles. The molecule has 0 aliphatic heterocycles. The van der Waals surface area contributed by atoms with Crippen molar-refractivity contribution >= 4 is 18.3 Å². The Morgan fingerprint density at radius 3 is 2.54 bits per heavy atom. The maximum Gasteiger partial charge on any atom is 0.160 e. The third-order valence-electron chi connectivity index (χ3n) is 1.39. The first-order chi connectivity index (χ1) is 6.15. The number of halogens is 2. The van der Waals surface area contributed by atoms with Crippen molar-refractivity contribution in [3.63, 3.8) is 0 Å². The number of thiol groups is 1. The molecule has 2 N–H and O–H groups in total. The van der Waals surface area contributed by atoms with Crippen LogP contribution in [0.4, 0.5) is 14.5 Å². The van der Waals surface area contributed by atoms with Crippen LogP contribution in [0.2, 0.25) is 0 Å². The van der Waals surface area contributed by atoms with Crippen molar-refractivity contribution in [2.75, 3.05) is 11.5 Å². The van der Waals surface area contributed by atoms with Crippen LogP contribution in [0.15, 0.2) is 12.1 Å². The molecule has 4 heteroatoms. The van der Waals surface area contributed by atoms with E-state index < -0.39 is 11.6 Å². The molecule has 1 rings (SSSR count). The molecule has 0 saturated heterocycles. The molecule has 68 valence electrons. The molecule has 0 bridgehead atoms. The summed E-state index contributed by atoms with van der Waals surface area (Å²) in [6.45, 7) is 0. The number of rotatable bonds is 0. The van der Waals surface area contributed by atoms with Gasteiger partial charge in [-0.1, -0.05) is 11.8 Å². The van der Waals surface area contributed by atoms with Gasteiger partial charge in [0.2, 0.25) is 0 Å². The van der Waals surface area contributed by atoms with Gasteiger partial charge in [0.25, 0.3) is 0 Å². The third-order valence-corrected chi connectivity index (χ3v) is 1.55. The number of nitrogen functional groups attached to an aromatic ring is 1. The summed E-state index contributed by atoms with van der Waals surface area (Å²) in [4.78, 5) is 0. The Labute approximate surface area is 80.4 Å². The molecule has 0 heterocycles. The molecule has 0 spiro atoms. The smallest absolute Gasteiger partial charge is 0.160 e. The zero-order valence-corrected chi connectivity index (χ0v) is 7.54. The Morgan fingerprint density at radius 2 is 1.92 bits per heavy atom. The Bertz CT molecular complexity index is 379. The van der Waals surface area contributed by atoms with Gasteiger partial charge in [0.05, 0.1) is 17.0 Å². The predicted molar refractivity (Wildman–Crippen MR) is 51.5 cm³/mol. The van der Waals surface area contributed by atoms with Gasteiger partial charge in [-0.25, -0.2) is 8.78 Å². The zero-order valence-electron chi connectivity index (χ0n) is 6.64. The van der Waals surface area contributed by atoms with Crippen LogP contribution in [0.5, 0.6) is 0 Å². The summed E-state index contributed by atoms with van der Waals surface area (Å²) in [5.41, 5.74) is 5.81. The Kier molecular flexibility index (Phi) is 3.15. The molecule has 0 fully saturated rings. The van der Waals surface area contributed by atoms with Crippen LogP contribution in [0.1, 0.15) is 5.56 Å². The van der Waals surface area contributed by atoms with Gasteiger partial charge in [-0.3, -0.25) is 0 Å². The molecule has 0 atom stereocenters. The number of hydrogen-bond donors (Lipinski definition) is 2. The summed E-state index contributed by atoms with van der Waals surface area (Å²) >= 11 is 3.85. The summed E-state index contributed by atoms with van der Waals surface area (Å²) in [5.74, 6) is 3.60. The molecule has 0 unspecified atom stereocenters. The van der Waals surface area contributed by atoms with Gasteiger partial charge >= 0.3 is 0 Å². The second kappa shape index (κ2) is 4.15. The van der Waals surface area contributed by atoms with Crippen LogP contribution in [0.3, 0.4) is 0 Å². The average molecular weight is 199 g/mol. The van der Waals surface area contributed by atoms with E-state index in [1.54, 1.807) is 0 Å². The number of benzene rings is 1. The van der Waals surface area contributed by atoms with E-state index in [1.165, 1.54) is 0 Å². The Balaban J connectivity index is 3.16. The van der Waals surface area contributed by atoms with Crippen molar-refractivity contribution in [1.82, 2.24) is 0 Å². The van der Waals surface area contributed by atoms with Gasteiger partial charge in [-0.15, -0.1) is 0 Å². The number of hydrogen-bond acceptors (Lipinski definition) is 2. The summed E-state index contributed by atoms with van der Waals surface area (Å²) in [7, 11) is 0. The molecule has 1 nitrogen and oxygen atoms in total. The van der Waals surface area contributed by atoms with Gasteiger partial charge in [-0.05, 0) is 6.07 Å². The lowest BCUT2D eigenvalue weighted by Crippen LogP contribution is -1.94. The quantitative estimate of drug-likeness (QED) is 0.372. The monoisotopic (exact) mass is 199 g/mol. The lowest BCUT2D eigenvalue weighted by atomic mass is 10.2. The van der Waals surface area contributed by atoms with Gasteiger partial charge in [0.15, 0.2) is 11.6 Å². The van der Waals surface area contributed by atoms with Gasteiger partial charge in [0, 0.05) is 6.07 Å². The maximum atomic E-state index is 12.7. The van der Waals surface area contributed by atoms with E-state index in [0.29, 0.717) is 5.75 Å². The zero-order chi connectivity index (χ0) is 9.84. The highest BCUT2D eigenvalue weighted by Gasteiger charge is 2.04. The highest BCUT2D eigenvalue weighted by Crippen LogP contribution is 2.15. The molecule has 1 aromatic carbocycles. The fraction of sp³-hybridized carbons (Fsp3) is 0.111. The van der Waals surface area contributed by atoms with Gasteiger partial charge in [0.1, 0.15) is 0 Å². The summed E-state index contributed by atoms with van der Waals surface area (Å²) < 4.78 is 25.2. The fourth-order valence-electron chi connectivity index (χ4n) is 0.805. The van der Waals surface area contributed by atoms with E-state index in [2.05, 4.69) is 24.5 Å². The summed E-state index contributed by atoms with van der Waals surface area (Å²) in [6, 6.07) is 1.89. The van der Waals surface area contributed by atoms with Crippen molar-refractivity contribution in [2.45, 2.75) is 0 Å². The second-order valence-electron chi connectivity index (χ2n) is 2.31. The average Bonchev–Trinajstić information content (AvgIpc) is 2.09. The molecule has 0 radical (unpaired) electrons. The Hall–Kier alpha value is -1.21. The van der Waals surface area contributed by atoms with Gasteiger partial charge < -0.3 is 5.73 Å². The van der Waals surface area contributed by atoms with Crippen molar-refractivity contribution in [1.29, 1.82) is 0 Å². The molecular formula is C9H7F2NS. The topological polar surface area (TPSA) is 26.0 Å². The highest BCUT2D eigenvalue weighted by molar-refractivity contribution is 7.80. The summed E-state index contributed by atoms with van der Waals surface area (Å²) in [6.07, 6.45) is 0. The van der Waals surface area contributed by atoms with E-state index in [1.807, 2.05) is 0 Å². The minimum absolute atomic E-state index is 0.133. The van der Waals surface area contributed by atoms with Crippen LogP contribution in [-0.4, -0.2) is 5.75 Å². The lowest BCUT2D eigenvalue weighted by molar-refractivity contribution is 0.509. The third kappa shape index (κ3) is 2.36. The predicted octanol–water partition coefficient (Wildman–Crippen LogP) is 1.83. The fourth-order valence-corrected chi connectivity index (χ4v) is 0.884. The molecule has 0 aliphatic carbocycles. The van der Waals surface area contributed by atoms with Crippen molar-refractivity contribution in [3.05, 3.63) is 29.3 Å². The van der Waals surface area contributed by atoms with Crippen LogP contribution in [0, 0.1) is 23.5 Å². The number of anilines is 1. The molecule has 1 aromatic rings. The van der Waals surface area contributed by atoms with Crippen molar-refractivity contribution < 1.29 is 8.78 Å². The maximum absolute atomic E-state index is 12.7. The van der Waals surface area contributed by atoms with E-state index >= 15 is 0 Å². The molecule has 0 aromatic heterocycles. The highest BCUT2D eigenvalue weighted by atomic mass is 32.1. The van der Waals surface area contributed by atoms with E-state index in [4.69, 9.17) is 5.73 Å². The molecule has 0 aliphatic rings.